The van der Waals surface area contributed by atoms with Gasteiger partial charge in [-0.2, -0.15) is 0 Å². The van der Waals surface area contributed by atoms with Gasteiger partial charge in [-0.05, 0) is 11.1 Å². The molecule has 0 aromatic heterocycles. The Balaban J connectivity index is 2.52. The van der Waals surface area contributed by atoms with E-state index in [4.69, 9.17) is 5.73 Å². The quantitative estimate of drug-likeness (QED) is 0.603. The molecule has 1 aliphatic carbocycles. The molecule has 2 rings (SSSR count). The van der Waals surface area contributed by atoms with Crippen LogP contribution in [0.5, 0.6) is 0 Å². The van der Waals surface area contributed by atoms with Gasteiger partial charge in [0, 0.05) is 12.5 Å². The van der Waals surface area contributed by atoms with Gasteiger partial charge >= 0.3 is 0 Å². The number of halogens is 1. The van der Waals surface area contributed by atoms with Crippen LogP contribution >= 0.6 is 0 Å². The van der Waals surface area contributed by atoms with Gasteiger partial charge in [0.05, 0.1) is 0 Å². The van der Waals surface area contributed by atoms with Crippen LogP contribution in [0.2, 0.25) is 0 Å². The molecule has 0 bridgehead atoms. The van der Waals surface area contributed by atoms with Crippen LogP contribution in [-0.2, 0) is 0 Å². The van der Waals surface area contributed by atoms with Gasteiger partial charge in [0.15, 0.2) is 0 Å². The molecule has 0 amide bonds. The standard InChI is InChI=1S/C9H10FN/c10-8-5-9(11)7-4-2-1-3-6(7)8/h1-4,8-9H,5,11H2/t8-,9+/m1/s1. The van der Waals surface area contributed by atoms with Crippen molar-refractivity contribution >= 4 is 0 Å². The third-order valence-corrected chi connectivity index (χ3v) is 2.19. The first-order valence-corrected chi connectivity index (χ1v) is 3.77. The van der Waals surface area contributed by atoms with E-state index in [1.165, 1.54) is 0 Å². The summed E-state index contributed by atoms with van der Waals surface area (Å²) in [5.74, 6) is 0. The van der Waals surface area contributed by atoms with Crippen LogP contribution in [0, 0.1) is 0 Å². The normalized spacial score (nSPS) is 28.5. The summed E-state index contributed by atoms with van der Waals surface area (Å²) in [5, 5.41) is 0. The largest absolute Gasteiger partial charge is 0.324 e. The van der Waals surface area contributed by atoms with E-state index < -0.39 is 6.17 Å². The second-order valence-electron chi connectivity index (χ2n) is 2.94. The van der Waals surface area contributed by atoms with E-state index in [1.54, 1.807) is 0 Å². The molecule has 0 unspecified atom stereocenters. The Kier molecular flexibility index (Phi) is 1.43. The zero-order valence-electron chi connectivity index (χ0n) is 6.13. The van der Waals surface area contributed by atoms with Gasteiger partial charge in [0.25, 0.3) is 0 Å². The first-order valence-electron chi connectivity index (χ1n) is 3.77. The van der Waals surface area contributed by atoms with Crippen molar-refractivity contribution in [2.24, 2.45) is 5.73 Å². The van der Waals surface area contributed by atoms with E-state index in [9.17, 15) is 4.39 Å². The molecule has 1 nitrogen and oxygen atoms in total. The zero-order valence-corrected chi connectivity index (χ0v) is 6.13. The summed E-state index contributed by atoms with van der Waals surface area (Å²) in [5.41, 5.74) is 7.45. The first-order chi connectivity index (χ1) is 5.29. The maximum absolute atomic E-state index is 13.1. The Morgan fingerprint density at radius 2 is 1.91 bits per heavy atom. The number of nitrogens with two attached hydrogens (primary N) is 1. The molecule has 0 saturated heterocycles. The van der Waals surface area contributed by atoms with E-state index in [0.717, 1.165) is 11.1 Å². The molecule has 1 aromatic carbocycles. The number of hydrogen-bond donors (Lipinski definition) is 1. The van der Waals surface area contributed by atoms with Gasteiger partial charge in [-0.1, -0.05) is 24.3 Å². The Morgan fingerprint density at radius 1 is 1.27 bits per heavy atom. The van der Waals surface area contributed by atoms with Crippen LogP contribution in [0.1, 0.15) is 29.8 Å². The summed E-state index contributed by atoms with van der Waals surface area (Å²) >= 11 is 0. The summed E-state index contributed by atoms with van der Waals surface area (Å²) in [4.78, 5) is 0. The highest BCUT2D eigenvalue weighted by molar-refractivity contribution is 5.36. The van der Waals surface area contributed by atoms with Crippen molar-refractivity contribution < 1.29 is 4.39 Å². The number of fused-ring (bicyclic) bond motifs is 1. The van der Waals surface area contributed by atoms with Crippen molar-refractivity contribution in [3.8, 4) is 0 Å². The fourth-order valence-corrected chi connectivity index (χ4v) is 1.61. The summed E-state index contributed by atoms with van der Waals surface area (Å²) in [7, 11) is 0. The fourth-order valence-electron chi connectivity index (χ4n) is 1.61. The van der Waals surface area contributed by atoms with E-state index in [-0.39, 0.29) is 6.04 Å². The fraction of sp³-hybridized carbons (Fsp3) is 0.333. The Hall–Kier alpha value is -0.890. The SMILES string of the molecule is N[C@H]1C[C@@H](F)c2ccccc21. The number of hydrogen-bond acceptors (Lipinski definition) is 1. The molecule has 2 N–H and O–H groups in total. The molecule has 1 aromatic rings. The first kappa shape index (κ1) is 6.80. The zero-order chi connectivity index (χ0) is 7.84. The molecule has 58 valence electrons. The molecule has 0 saturated carbocycles. The second-order valence-corrected chi connectivity index (χ2v) is 2.94. The minimum atomic E-state index is -0.846. The van der Waals surface area contributed by atoms with Gasteiger partial charge in [-0.25, -0.2) is 4.39 Å². The molecular formula is C9H10FN. The maximum atomic E-state index is 13.1. The van der Waals surface area contributed by atoms with Crippen LogP contribution in [0.25, 0.3) is 0 Å². The maximum Gasteiger partial charge on any atom is 0.127 e. The smallest absolute Gasteiger partial charge is 0.127 e. The number of alkyl halides is 1. The lowest BCUT2D eigenvalue weighted by Gasteiger charge is -2.01. The summed E-state index contributed by atoms with van der Waals surface area (Å²) < 4.78 is 13.1. The van der Waals surface area contributed by atoms with Gasteiger partial charge < -0.3 is 5.73 Å². The van der Waals surface area contributed by atoms with Gasteiger partial charge in [0.1, 0.15) is 6.17 Å². The van der Waals surface area contributed by atoms with Gasteiger partial charge in [-0.3, -0.25) is 0 Å². The Labute approximate surface area is 65.0 Å². The molecule has 0 radical (unpaired) electrons. The molecule has 11 heavy (non-hydrogen) atoms. The predicted molar refractivity (Wildman–Crippen MR) is 41.8 cm³/mol. The topological polar surface area (TPSA) is 26.0 Å². The van der Waals surface area contributed by atoms with Crippen molar-refractivity contribution in [2.75, 3.05) is 0 Å². The van der Waals surface area contributed by atoms with Crippen molar-refractivity contribution in [1.29, 1.82) is 0 Å². The second kappa shape index (κ2) is 2.31. The molecule has 0 heterocycles. The van der Waals surface area contributed by atoms with Gasteiger partial charge in [-0.15, -0.1) is 0 Å². The van der Waals surface area contributed by atoms with Crippen LogP contribution < -0.4 is 5.73 Å². The van der Waals surface area contributed by atoms with E-state index in [0.29, 0.717) is 6.42 Å². The minimum Gasteiger partial charge on any atom is -0.324 e. The number of benzene rings is 1. The monoisotopic (exact) mass is 151 g/mol. The van der Waals surface area contributed by atoms with Crippen molar-refractivity contribution in [2.45, 2.75) is 18.6 Å². The highest BCUT2D eigenvalue weighted by atomic mass is 19.1. The van der Waals surface area contributed by atoms with E-state index in [1.807, 2.05) is 24.3 Å². The lowest BCUT2D eigenvalue weighted by molar-refractivity contribution is 0.330. The lowest BCUT2D eigenvalue weighted by atomic mass is 10.1. The predicted octanol–water partition coefficient (Wildman–Crippen LogP) is 2.10. The van der Waals surface area contributed by atoms with Crippen LogP contribution in [0.3, 0.4) is 0 Å². The molecule has 2 atom stereocenters. The number of rotatable bonds is 0. The highest BCUT2D eigenvalue weighted by Gasteiger charge is 2.27. The average molecular weight is 151 g/mol. The van der Waals surface area contributed by atoms with Crippen molar-refractivity contribution in [3.63, 3.8) is 0 Å². The van der Waals surface area contributed by atoms with Crippen molar-refractivity contribution in [1.82, 2.24) is 0 Å². The summed E-state index contributed by atoms with van der Waals surface area (Å²) in [6.07, 6.45) is -0.402. The van der Waals surface area contributed by atoms with E-state index >= 15 is 0 Å². The van der Waals surface area contributed by atoms with Gasteiger partial charge in [0.2, 0.25) is 0 Å². The lowest BCUT2D eigenvalue weighted by Crippen LogP contribution is -2.04. The summed E-state index contributed by atoms with van der Waals surface area (Å²) in [6.45, 7) is 0. The molecule has 0 fully saturated rings. The third kappa shape index (κ3) is 0.942. The third-order valence-electron chi connectivity index (χ3n) is 2.19. The molecule has 2 heteroatoms. The van der Waals surface area contributed by atoms with Crippen LogP contribution in [0.4, 0.5) is 4.39 Å². The van der Waals surface area contributed by atoms with Crippen LogP contribution in [0.15, 0.2) is 24.3 Å². The molecule has 0 spiro atoms. The Morgan fingerprint density at radius 3 is 2.55 bits per heavy atom. The molecular weight excluding hydrogens is 141 g/mol. The van der Waals surface area contributed by atoms with E-state index in [2.05, 4.69) is 0 Å². The highest BCUT2D eigenvalue weighted by Crippen LogP contribution is 2.39. The Bertz CT molecular complexity index is 245. The molecule has 1 aliphatic rings. The average Bonchev–Trinajstić information content (AvgIpc) is 2.30. The molecule has 0 aliphatic heterocycles. The summed E-state index contributed by atoms with van der Waals surface area (Å²) in [6, 6.07) is 7.37. The van der Waals surface area contributed by atoms with Crippen LogP contribution in [-0.4, -0.2) is 0 Å². The minimum absolute atomic E-state index is 0.0961. The van der Waals surface area contributed by atoms with Crippen molar-refractivity contribution in [3.05, 3.63) is 35.4 Å².